The molecule has 0 unspecified atom stereocenters. The second kappa shape index (κ2) is 20.8. The van der Waals surface area contributed by atoms with E-state index in [1.54, 1.807) is 0 Å². The molecule has 2 aliphatic rings. The third-order valence-electron chi connectivity index (χ3n) is 16.4. The number of hydrogen-bond donors (Lipinski definition) is 0. The maximum absolute atomic E-state index is 5.83. The molecule has 0 atom stereocenters. The maximum Gasteiger partial charge on any atom is 2.00 e. The molecule has 0 radical (unpaired) electrons. The van der Waals surface area contributed by atoms with Crippen molar-refractivity contribution in [2.45, 2.75) is 209 Å². The van der Waals surface area contributed by atoms with Gasteiger partial charge in [-0.2, -0.15) is 0 Å². The summed E-state index contributed by atoms with van der Waals surface area (Å²) in [6, 6.07) is 37.6. The number of benzene rings is 4. The second-order valence-electron chi connectivity index (χ2n) is 31.6. The fourth-order valence-corrected chi connectivity index (χ4v) is 10.8. The van der Waals surface area contributed by atoms with Crippen LogP contribution in [0.2, 0.25) is 0 Å². The zero-order valence-electron chi connectivity index (χ0n) is 54.0. The summed E-state index contributed by atoms with van der Waals surface area (Å²) in [7, 11) is 0. The van der Waals surface area contributed by atoms with Crippen LogP contribution in [0.4, 0.5) is 0 Å². The molecule has 0 aliphatic carbocycles. The zero-order valence-corrected chi connectivity index (χ0v) is 57.0. The van der Waals surface area contributed by atoms with Crippen molar-refractivity contribution in [3.8, 4) is 44.5 Å². The van der Waals surface area contributed by atoms with E-state index in [1.807, 2.05) is 0 Å². The Bertz CT molecular complexity index is 3200. The summed E-state index contributed by atoms with van der Waals surface area (Å²) in [5.74, 6) is 0. The Morgan fingerprint density at radius 2 is 0.383 bits per heavy atom. The van der Waals surface area contributed by atoms with E-state index in [2.05, 4.69) is 288 Å². The van der Waals surface area contributed by atoms with Crippen molar-refractivity contribution in [3.05, 3.63) is 164 Å². The molecule has 0 fully saturated rings. The summed E-state index contributed by atoms with van der Waals surface area (Å²) >= 11 is 0. The number of nitrogens with zero attached hydrogens (tertiary/aromatic N) is 4. The van der Waals surface area contributed by atoms with Crippen molar-refractivity contribution < 1.29 is 19.5 Å². The van der Waals surface area contributed by atoms with Crippen LogP contribution in [0.25, 0.3) is 90.9 Å². The summed E-state index contributed by atoms with van der Waals surface area (Å²) in [6.07, 6.45) is 8.89. The van der Waals surface area contributed by atoms with Gasteiger partial charge in [0.1, 0.15) is 0 Å². The van der Waals surface area contributed by atoms with Crippen molar-refractivity contribution >= 4 is 46.4 Å². The van der Waals surface area contributed by atoms with Gasteiger partial charge in [0.15, 0.2) is 0 Å². The Labute approximate surface area is 501 Å². The van der Waals surface area contributed by atoms with E-state index < -0.39 is 0 Å². The van der Waals surface area contributed by atoms with Crippen molar-refractivity contribution in [2.24, 2.45) is 0 Å². The predicted molar refractivity (Wildman–Crippen MR) is 348 cm³/mol. The average molecular weight is 1130 g/mol. The van der Waals surface area contributed by atoms with Crippen LogP contribution in [0, 0.1) is 0 Å². The number of fused-ring (bicyclic) bond motifs is 8. The number of aromatic nitrogens is 4. The quantitative estimate of drug-likeness (QED) is 0.165. The van der Waals surface area contributed by atoms with E-state index in [9.17, 15) is 0 Å². The van der Waals surface area contributed by atoms with Gasteiger partial charge in [0.05, 0.1) is 22.8 Å². The van der Waals surface area contributed by atoms with Crippen LogP contribution in [-0.4, -0.2) is 9.97 Å². The molecule has 0 spiro atoms. The van der Waals surface area contributed by atoms with Crippen LogP contribution in [0.5, 0.6) is 0 Å². The van der Waals surface area contributed by atoms with Crippen LogP contribution in [0.15, 0.2) is 97.1 Å². The fourth-order valence-electron chi connectivity index (χ4n) is 10.8. The fraction of sp³-hybridized carbons (Fsp3) is 0.421. The molecular weight excluding hydrogens is 1030 g/mol. The molecule has 0 saturated heterocycles. The predicted octanol–water partition coefficient (Wildman–Crippen LogP) is 21.0. The van der Waals surface area contributed by atoms with Gasteiger partial charge >= 0.3 is 19.5 Å². The molecule has 8 bridgehead atoms. The molecule has 2 aliphatic heterocycles. The minimum Gasteiger partial charge on any atom is -0.657 e. The Kier molecular flexibility index (Phi) is 15.7. The minimum absolute atomic E-state index is 0. The van der Waals surface area contributed by atoms with E-state index in [1.165, 1.54) is 44.5 Å². The van der Waals surface area contributed by atoms with Gasteiger partial charge in [-0.1, -0.05) is 263 Å². The van der Waals surface area contributed by atoms with Gasteiger partial charge in [0, 0.05) is 0 Å². The van der Waals surface area contributed by atoms with Gasteiger partial charge in [0.25, 0.3) is 0 Å². The summed E-state index contributed by atoms with van der Waals surface area (Å²) in [4.78, 5) is 23.3. The molecule has 7 aromatic rings. The first-order chi connectivity index (χ1) is 36.6. The summed E-state index contributed by atoms with van der Waals surface area (Å²) < 4.78 is 0. The van der Waals surface area contributed by atoms with Crippen molar-refractivity contribution in [3.63, 3.8) is 0 Å². The van der Waals surface area contributed by atoms with E-state index >= 15 is 0 Å². The minimum atomic E-state index is -0.113. The Morgan fingerprint density at radius 3 is 0.519 bits per heavy atom. The normalized spacial score (nSPS) is 13.7. The van der Waals surface area contributed by atoms with Crippen molar-refractivity contribution in [2.75, 3.05) is 0 Å². The monoisotopic (exact) mass is 1120 g/mol. The Balaban J connectivity index is 0.00000860. The van der Waals surface area contributed by atoms with Gasteiger partial charge in [-0.15, -0.1) is 22.1 Å². The zero-order chi connectivity index (χ0) is 58.8. The van der Waals surface area contributed by atoms with Crippen LogP contribution in [0.1, 0.15) is 233 Å². The maximum atomic E-state index is 5.83. The standard InChI is InChI=1S/C76H92N4.Zn/c1-69(2,3)49-33-45(34-50(41-49)70(4,5)6)65-57-25-27-59(77-57)66(46-35-51(71(7,8)9)42-52(36-46)72(10,11)12)61-29-31-63(79-61)68(48-39-55(75(19,20)21)44-56(40-48)76(22,23)24)64-32-30-62(80-64)67(60-28-26-58(65)78-60)47-37-53(73(13,14)15)43-54(38-47)74(16,17)18;/h25-44H,1-24H3;/q-2;+2. The molecule has 9 rings (SSSR count). The summed E-state index contributed by atoms with van der Waals surface area (Å²) in [5, 5.41) is 0. The van der Waals surface area contributed by atoms with E-state index in [0.717, 1.165) is 89.4 Å². The molecule has 0 amide bonds. The van der Waals surface area contributed by atoms with Crippen molar-refractivity contribution in [1.29, 1.82) is 0 Å². The van der Waals surface area contributed by atoms with Crippen LogP contribution < -0.4 is 9.97 Å². The topological polar surface area (TPSA) is 54.0 Å². The van der Waals surface area contributed by atoms with E-state index in [4.69, 9.17) is 19.9 Å². The van der Waals surface area contributed by atoms with E-state index in [-0.39, 0.29) is 62.8 Å². The number of hydrogen-bond acceptors (Lipinski definition) is 2. The Hall–Kier alpha value is -5.90. The molecule has 81 heavy (non-hydrogen) atoms. The molecule has 4 nitrogen and oxygen atoms in total. The SMILES string of the molecule is CC(C)(C)c1cc(-c2c3nc(c(-c4cc(C(C)(C)C)cc(C(C)(C)C)c4)c4ccc([n-]4)c(-c4cc(C(C)(C)C)cc(C(C)(C)C)c4)c4nc(c(-c5cc(C(C)(C)C)cc(C(C)(C)C)c5)c5ccc2[n-]5)C=C4)C=C3)cc(C(C)(C)C)c1.[Zn+2]. The van der Waals surface area contributed by atoms with Gasteiger partial charge in [-0.05, 0) is 157 Å². The molecule has 5 heteroatoms. The van der Waals surface area contributed by atoms with Crippen LogP contribution in [0.3, 0.4) is 0 Å². The third-order valence-corrected chi connectivity index (χ3v) is 16.4. The smallest absolute Gasteiger partial charge is 0.657 e. The van der Waals surface area contributed by atoms with Gasteiger partial charge in [0.2, 0.25) is 0 Å². The van der Waals surface area contributed by atoms with E-state index in [0.29, 0.717) is 0 Å². The largest absolute Gasteiger partial charge is 2.00 e. The van der Waals surface area contributed by atoms with Crippen LogP contribution >= 0.6 is 0 Å². The Morgan fingerprint density at radius 1 is 0.235 bits per heavy atom. The average Bonchev–Trinajstić information content (AvgIpc) is 4.17. The van der Waals surface area contributed by atoms with Gasteiger partial charge in [-0.25, -0.2) is 9.97 Å². The summed E-state index contributed by atoms with van der Waals surface area (Å²) in [5.41, 5.74) is 24.7. The second-order valence-corrected chi connectivity index (χ2v) is 31.6. The molecule has 418 valence electrons. The molecule has 0 N–H and O–H groups in total. The molecular formula is C76H92N4Zn. The molecule has 0 saturated carbocycles. The van der Waals surface area contributed by atoms with Crippen molar-refractivity contribution in [1.82, 2.24) is 19.9 Å². The summed E-state index contributed by atoms with van der Waals surface area (Å²) in [6.45, 7) is 55.5. The molecule has 5 heterocycles. The first kappa shape index (κ1) is 61.2. The first-order valence-corrected chi connectivity index (χ1v) is 29.4. The molecule has 3 aromatic heterocycles. The third kappa shape index (κ3) is 12.7. The number of rotatable bonds is 4. The van der Waals surface area contributed by atoms with Gasteiger partial charge < -0.3 is 9.97 Å². The van der Waals surface area contributed by atoms with Gasteiger partial charge in [-0.3, -0.25) is 0 Å². The first-order valence-electron chi connectivity index (χ1n) is 29.4. The molecule has 4 aromatic carbocycles. The van der Waals surface area contributed by atoms with Crippen LogP contribution in [-0.2, 0) is 62.8 Å².